The molecule has 0 heterocycles. The fraction of sp³-hybridized carbons (Fsp3) is 0.933. The van der Waals surface area contributed by atoms with Crippen molar-refractivity contribution in [2.45, 2.75) is 118 Å². The second kappa shape index (κ2) is 8.40. The lowest BCUT2D eigenvalue weighted by Crippen LogP contribution is -2.55. The van der Waals surface area contributed by atoms with E-state index in [4.69, 9.17) is 0 Å². The molecule has 2 nitrogen and oxygen atoms in total. The molecule has 0 bridgehead atoms. The Morgan fingerprint density at radius 2 is 1.84 bits per heavy atom. The molecule has 0 aromatic rings. The van der Waals surface area contributed by atoms with Gasteiger partial charge in [-0.25, -0.2) is 0 Å². The Morgan fingerprint density at radius 1 is 1.12 bits per heavy atom. The van der Waals surface area contributed by atoms with Crippen molar-refractivity contribution in [3.05, 3.63) is 11.6 Å². The van der Waals surface area contributed by atoms with Crippen molar-refractivity contribution in [1.82, 2.24) is 0 Å². The van der Waals surface area contributed by atoms with Gasteiger partial charge in [-0.05, 0) is 110 Å². The topological polar surface area (TPSA) is 40.5 Å². The third-order valence-electron chi connectivity index (χ3n) is 11.5. The Labute approximate surface area is 198 Å². The minimum atomic E-state index is -0.711. The van der Waals surface area contributed by atoms with E-state index >= 15 is 0 Å². The minimum absolute atomic E-state index is 0.0236. The largest absolute Gasteiger partial charge is 0.396 e. The highest BCUT2D eigenvalue weighted by Gasteiger charge is 2.61. The SMILES string of the molecule is CC[C@@]1(O)CC2=CC[C@H]3[C@@H]4CC[C@H]([C@H](C)CCC(C)(C)C)[C@@]4(C)CC[C@@H]3[C@@]2(C)C[C@@H]1CO. The van der Waals surface area contributed by atoms with Crippen LogP contribution in [0.2, 0.25) is 0 Å². The Hall–Kier alpha value is -0.340. The molecule has 0 aromatic heterocycles. The Morgan fingerprint density at radius 3 is 2.47 bits per heavy atom. The maximum absolute atomic E-state index is 11.3. The molecule has 0 spiro atoms. The van der Waals surface area contributed by atoms with Gasteiger partial charge in [-0.2, -0.15) is 0 Å². The molecule has 9 atom stereocenters. The number of aliphatic hydroxyl groups is 2. The van der Waals surface area contributed by atoms with Crippen molar-refractivity contribution >= 4 is 0 Å². The standard InChI is InChI=1S/C30H52O2/c1-8-30(32)18-21-9-10-23-25-12-11-24(20(2)13-15-27(3,4)5)28(25,6)16-14-26(23)29(21,7)17-22(30)19-31/h9,20,22-26,31-32H,8,10-19H2,1-7H3/t20-,22-,23+,24-,25+,26+,28-,29+,30-/m1/s1. The van der Waals surface area contributed by atoms with Gasteiger partial charge in [0, 0.05) is 12.5 Å². The molecule has 0 radical (unpaired) electrons. The molecule has 0 saturated heterocycles. The van der Waals surface area contributed by atoms with E-state index < -0.39 is 5.60 Å². The predicted molar refractivity (Wildman–Crippen MR) is 134 cm³/mol. The molecule has 4 aliphatic rings. The highest BCUT2D eigenvalue weighted by atomic mass is 16.3. The van der Waals surface area contributed by atoms with Gasteiger partial charge in [-0.3, -0.25) is 0 Å². The molecule has 4 aliphatic carbocycles. The first-order chi connectivity index (χ1) is 14.9. The molecular formula is C30H52O2. The van der Waals surface area contributed by atoms with Gasteiger partial charge in [0.1, 0.15) is 0 Å². The first kappa shape index (κ1) is 24.8. The summed E-state index contributed by atoms with van der Waals surface area (Å²) in [4.78, 5) is 0. The van der Waals surface area contributed by atoms with Crippen LogP contribution in [0, 0.1) is 51.8 Å². The van der Waals surface area contributed by atoms with Crippen molar-refractivity contribution in [2.24, 2.45) is 51.8 Å². The zero-order valence-corrected chi connectivity index (χ0v) is 22.2. The van der Waals surface area contributed by atoms with Crippen LogP contribution in [0.5, 0.6) is 0 Å². The van der Waals surface area contributed by atoms with Crippen LogP contribution in [0.25, 0.3) is 0 Å². The van der Waals surface area contributed by atoms with Gasteiger partial charge in [0.15, 0.2) is 0 Å². The number of aliphatic hydroxyl groups excluding tert-OH is 1. The smallest absolute Gasteiger partial charge is 0.0732 e. The van der Waals surface area contributed by atoms with Crippen molar-refractivity contribution < 1.29 is 10.2 Å². The van der Waals surface area contributed by atoms with Crippen LogP contribution in [-0.4, -0.2) is 22.4 Å². The minimum Gasteiger partial charge on any atom is -0.396 e. The van der Waals surface area contributed by atoms with Crippen molar-refractivity contribution in [2.75, 3.05) is 6.61 Å². The molecule has 184 valence electrons. The third kappa shape index (κ3) is 3.94. The monoisotopic (exact) mass is 444 g/mol. The lowest BCUT2D eigenvalue weighted by Gasteiger charge is -2.60. The zero-order valence-electron chi connectivity index (χ0n) is 22.2. The zero-order chi connectivity index (χ0) is 23.5. The molecule has 2 heteroatoms. The average molecular weight is 445 g/mol. The maximum atomic E-state index is 11.3. The highest BCUT2D eigenvalue weighted by Crippen LogP contribution is 2.68. The van der Waals surface area contributed by atoms with Crippen LogP contribution < -0.4 is 0 Å². The molecule has 32 heavy (non-hydrogen) atoms. The summed E-state index contributed by atoms with van der Waals surface area (Å²) in [5.41, 5.74) is 1.93. The normalized spacial score (nSPS) is 47.3. The quantitative estimate of drug-likeness (QED) is 0.434. The Bertz CT molecular complexity index is 719. The van der Waals surface area contributed by atoms with Crippen LogP contribution in [-0.2, 0) is 0 Å². The first-order valence-corrected chi connectivity index (χ1v) is 13.9. The van der Waals surface area contributed by atoms with Gasteiger partial charge in [0.05, 0.1) is 5.60 Å². The molecular weight excluding hydrogens is 392 g/mol. The van der Waals surface area contributed by atoms with Crippen LogP contribution in [0.3, 0.4) is 0 Å². The first-order valence-electron chi connectivity index (χ1n) is 13.9. The molecule has 0 aliphatic heterocycles. The van der Waals surface area contributed by atoms with Gasteiger partial charge in [0.25, 0.3) is 0 Å². The molecule has 0 amide bonds. The van der Waals surface area contributed by atoms with Crippen LogP contribution in [0.1, 0.15) is 113 Å². The number of hydrogen-bond acceptors (Lipinski definition) is 2. The van der Waals surface area contributed by atoms with E-state index in [-0.39, 0.29) is 17.9 Å². The molecule has 4 rings (SSSR count). The molecule has 0 aromatic carbocycles. The number of allylic oxidation sites excluding steroid dienone is 1. The van der Waals surface area contributed by atoms with Crippen LogP contribution >= 0.6 is 0 Å². The number of rotatable bonds is 5. The van der Waals surface area contributed by atoms with E-state index in [9.17, 15) is 10.2 Å². The van der Waals surface area contributed by atoms with Crippen LogP contribution in [0.4, 0.5) is 0 Å². The fourth-order valence-electron chi connectivity index (χ4n) is 9.37. The Kier molecular flexibility index (Phi) is 6.50. The summed E-state index contributed by atoms with van der Waals surface area (Å²) < 4.78 is 0. The predicted octanol–water partition coefficient (Wildman–Crippen LogP) is 7.39. The number of fused-ring (bicyclic) bond motifs is 5. The van der Waals surface area contributed by atoms with Gasteiger partial charge in [-0.15, -0.1) is 0 Å². The molecule has 3 fully saturated rings. The second-order valence-corrected chi connectivity index (χ2v) is 14.3. The summed E-state index contributed by atoms with van der Waals surface area (Å²) in [5, 5.41) is 21.5. The summed E-state index contributed by atoms with van der Waals surface area (Å²) in [6, 6.07) is 0. The van der Waals surface area contributed by atoms with E-state index in [1.165, 1.54) is 50.5 Å². The Balaban J connectivity index is 1.55. The summed E-state index contributed by atoms with van der Waals surface area (Å²) in [5.74, 6) is 4.14. The van der Waals surface area contributed by atoms with E-state index in [0.29, 0.717) is 10.8 Å². The van der Waals surface area contributed by atoms with E-state index in [1.54, 1.807) is 0 Å². The summed E-state index contributed by atoms with van der Waals surface area (Å²) in [7, 11) is 0. The second-order valence-electron chi connectivity index (χ2n) is 14.3. The molecule has 3 saturated carbocycles. The molecule has 2 N–H and O–H groups in total. The van der Waals surface area contributed by atoms with Crippen LogP contribution in [0.15, 0.2) is 11.6 Å². The lowest BCUT2D eigenvalue weighted by molar-refractivity contribution is -0.114. The van der Waals surface area contributed by atoms with Gasteiger partial charge in [-0.1, -0.05) is 60.1 Å². The summed E-state index contributed by atoms with van der Waals surface area (Å²) >= 11 is 0. The summed E-state index contributed by atoms with van der Waals surface area (Å²) in [6.45, 7) is 17.1. The average Bonchev–Trinajstić information content (AvgIpc) is 3.09. The van der Waals surface area contributed by atoms with Crippen molar-refractivity contribution in [1.29, 1.82) is 0 Å². The summed E-state index contributed by atoms with van der Waals surface area (Å²) in [6.07, 6.45) is 14.6. The third-order valence-corrected chi connectivity index (χ3v) is 11.5. The van der Waals surface area contributed by atoms with Gasteiger partial charge in [0.2, 0.25) is 0 Å². The van der Waals surface area contributed by atoms with E-state index in [1.807, 2.05) is 0 Å². The van der Waals surface area contributed by atoms with Gasteiger partial charge >= 0.3 is 0 Å². The van der Waals surface area contributed by atoms with Crippen molar-refractivity contribution in [3.8, 4) is 0 Å². The fourth-order valence-corrected chi connectivity index (χ4v) is 9.37. The van der Waals surface area contributed by atoms with E-state index in [0.717, 1.165) is 48.9 Å². The number of hydrogen-bond donors (Lipinski definition) is 2. The highest BCUT2D eigenvalue weighted by molar-refractivity contribution is 5.28. The van der Waals surface area contributed by atoms with Gasteiger partial charge < -0.3 is 10.2 Å². The van der Waals surface area contributed by atoms with Crippen molar-refractivity contribution in [3.63, 3.8) is 0 Å². The maximum Gasteiger partial charge on any atom is 0.0732 e. The lowest BCUT2D eigenvalue weighted by atomic mass is 9.45. The van der Waals surface area contributed by atoms with E-state index in [2.05, 4.69) is 54.5 Å². The molecule has 0 unspecified atom stereocenters.